The molecule has 0 saturated carbocycles. The van der Waals surface area contributed by atoms with Gasteiger partial charge in [0, 0.05) is 23.6 Å². The van der Waals surface area contributed by atoms with E-state index in [-0.39, 0.29) is 11.5 Å². The summed E-state index contributed by atoms with van der Waals surface area (Å²) in [6.07, 6.45) is 4.13. The van der Waals surface area contributed by atoms with E-state index < -0.39 is 5.13 Å². The molecule has 0 bridgehead atoms. The van der Waals surface area contributed by atoms with Gasteiger partial charge in [0.2, 0.25) is 5.13 Å². The van der Waals surface area contributed by atoms with Crippen LogP contribution in [0.15, 0.2) is 67.0 Å². The minimum absolute atomic E-state index is 0.134. The molecule has 7 heteroatoms. The number of aromatic nitrogens is 2. The lowest BCUT2D eigenvalue weighted by atomic mass is 10.1. The molecule has 0 aliphatic carbocycles. The summed E-state index contributed by atoms with van der Waals surface area (Å²) in [6.45, 7) is 3.57. The topological polar surface area (TPSA) is 64.1 Å². The molecule has 0 aliphatic heterocycles. The average Bonchev–Trinajstić information content (AvgIpc) is 3.15. The summed E-state index contributed by atoms with van der Waals surface area (Å²) in [5.74, 6) is 0.984. The fourth-order valence-corrected chi connectivity index (χ4v) is 3.79. The molecule has 0 radical (unpaired) electrons. The first kappa shape index (κ1) is 20.7. The second kappa shape index (κ2) is 9.06. The Kier molecular flexibility index (Phi) is 6.04. The fourth-order valence-electron chi connectivity index (χ4n) is 3.05. The van der Waals surface area contributed by atoms with Crippen molar-refractivity contribution in [3.05, 3.63) is 83.2 Å². The van der Waals surface area contributed by atoms with Crippen molar-refractivity contribution in [3.63, 3.8) is 0 Å². The number of rotatable bonds is 7. The van der Waals surface area contributed by atoms with Crippen LogP contribution in [0.25, 0.3) is 11.3 Å². The van der Waals surface area contributed by atoms with Gasteiger partial charge in [0.25, 0.3) is 0 Å². The van der Waals surface area contributed by atoms with E-state index in [9.17, 15) is 9.18 Å². The summed E-state index contributed by atoms with van der Waals surface area (Å²) in [5, 5.41) is 3.05. The number of anilines is 2. The monoisotopic (exact) mass is 433 g/mol. The molecule has 2 heterocycles. The highest BCUT2D eigenvalue weighted by Gasteiger charge is 2.15. The number of carbonyl (C=O) groups excluding carboxylic acids is 1. The number of thiazole rings is 1. The van der Waals surface area contributed by atoms with Gasteiger partial charge in [-0.2, -0.15) is 4.39 Å². The van der Waals surface area contributed by atoms with Crippen LogP contribution in [-0.4, -0.2) is 15.8 Å². The Labute approximate surface area is 183 Å². The maximum Gasteiger partial charge on any atom is 0.206 e. The van der Waals surface area contributed by atoms with Gasteiger partial charge in [0.15, 0.2) is 10.9 Å². The second-order valence-electron chi connectivity index (χ2n) is 6.87. The smallest absolute Gasteiger partial charge is 0.206 e. The van der Waals surface area contributed by atoms with Crippen molar-refractivity contribution in [2.45, 2.75) is 20.3 Å². The van der Waals surface area contributed by atoms with Crippen LogP contribution >= 0.6 is 11.3 Å². The first-order valence-electron chi connectivity index (χ1n) is 9.79. The number of nitrogens with zero attached hydrogens (tertiary/aromatic N) is 2. The van der Waals surface area contributed by atoms with Crippen LogP contribution in [0.4, 0.5) is 15.2 Å². The number of hydrogen-bond acceptors (Lipinski definition) is 6. The quantitative estimate of drug-likeness (QED) is 0.331. The summed E-state index contributed by atoms with van der Waals surface area (Å²) >= 11 is 0.896. The molecule has 5 nitrogen and oxygen atoms in total. The highest BCUT2D eigenvalue weighted by atomic mass is 32.1. The lowest BCUT2D eigenvalue weighted by Gasteiger charge is -2.12. The Morgan fingerprint density at radius 2 is 1.97 bits per heavy atom. The van der Waals surface area contributed by atoms with Crippen molar-refractivity contribution < 1.29 is 13.9 Å². The standard InChI is InChI=1S/C24H20FN3O2S/c1-3-16-6-9-19(10-7-16)30-21-11-8-18(13-20(21)15(2)29)27-24-28-22(23(25)31-24)17-5-4-12-26-14-17/h4-14H,3H2,1-2H3,(H,27,28). The van der Waals surface area contributed by atoms with Crippen LogP contribution in [-0.2, 0) is 6.42 Å². The number of aryl methyl sites for hydroxylation is 1. The number of pyridine rings is 1. The second-order valence-corrected chi connectivity index (χ2v) is 7.82. The third-order valence-electron chi connectivity index (χ3n) is 4.69. The van der Waals surface area contributed by atoms with Crippen molar-refractivity contribution in [2.24, 2.45) is 0 Å². The van der Waals surface area contributed by atoms with Gasteiger partial charge in [-0.3, -0.25) is 9.78 Å². The number of ether oxygens (including phenoxy) is 1. The van der Waals surface area contributed by atoms with Crippen LogP contribution in [0.2, 0.25) is 0 Å². The zero-order valence-electron chi connectivity index (χ0n) is 17.1. The Morgan fingerprint density at radius 1 is 1.16 bits per heavy atom. The Bertz CT molecular complexity index is 1210. The molecule has 0 amide bonds. The Hall–Kier alpha value is -3.58. The molecule has 31 heavy (non-hydrogen) atoms. The third kappa shape index (κ3) is 4.78. The van der Waals surface area contributed by atoms with Gasteiger partial charge in [0.05, 0.1) is 5.56 Å². The van der Waals surface area contributed by atoms with Gasteiger partial charge < -0.3 is 10.1 Å². The molecule has 4 aromatic rings. The zero-order valence-corrected chi connectivity index (χ0v) is 17.9. The minimum atomic E-state index is -0.405. The predicted octanol–water partition coefficient (Wildman–Crippen LogP) is 6.65. The van der Waals surface area contributed by atoms with Gasteiger partial charge in [0.1, 0.15) is 17.2 Å². The number of Topliss-reactive ketones (excluding diaryl/α,β-unsaturated/α-hetero) is 1. The maximum absolute atomic E-state index is 14.4. The van der Waals surface area contributed by atoms with Crippen molar-refractivity contribution in [3.8, 4) is 22.8 Å². The summed E-state index contributed by atoms with van der Waals surface area (Å²) in [5.41, 5.74) is 3.09. The Morgan fingerprint density at radius 3 is 2.65 bits per heavy atom. The van der Waals surface area contributed by atoms with Crippen LogP contribution in [0.3, 0.4) is 0 Å². The fraction of sp³-hybridized carbons (Fsp3) is 0.125. The summed E-state index contributed by atoms with van der Waals surface area (Å²) in [4.78, 5) is 20.6. The lowest BCUT2D eigenvalue weighted by Crippen LogP contribution is -1.99. The summed E-state index contributed by atoms with van der Waals surface area (Å²) in [7, 11) is 0. The molecule has 0 atom stereocenters. The van der Waals surface area contributed by atoms with E-state index in [1.165, 1.54) is 12.5 Å². The van der Waals surface area contributed by atoms with E-state index in [4.69, 9.17) is 4.74 Å². The van der Waals surface area contributed by atoms with Gasteiger partial charge in [-0.05, 0) is 61.4 Å². The van der Waals surface area contributed by atoms with E-state index in [0.717, 1.165) is 17.8 Å². The molecule has 156 valence electrons. The van der Waals surface area contributed by atoms with E-state index in [0.29, 0.717) is 33.4 Å². The number of ketones is 1. The van der Waals surface area contributed by atoms with Crippen molar-refractivity contribution in [1.29, 1.82) is 0 Å². The van der Waals surface area contributed by atoms with Crippen LogP contribution in [0.5, 0.6) is 11.5 Å². The van der Waals surface area contributed by atoms with Crippen LogP contribution < -0.4 is 10.1 Å². The molecular weight excluding hydrogens is 413 g/mol. The first-order chi connectivity index (χ1) is 15.0. The van der Waals surface area contributed by atoms with Gasteiger partial charge in [-0.15, -0.1) is 0 Å². The first-order valence-corrected chi connectivity index (χ1v) is 10.6. The molecule has 0 spiro atoms. The molecule has 0 aliphatic rings. The molecule has 1 N–H and O–H groups in total. The van der Waals surface area contributed by atoms with Gasteiger partial charge in [-0.25, -0.2) is 4.98 Å². The number of nitrogens with one attached hydrogen (secondary N) is 1. The van der Waals surface area contributed by atoms with E-state index >= 15 is 0 Å². The van der Waals surface area contributed by atoms with E-state index in [1.807, 2.05) is 24.3 Å². The zero-order chi connectivity index (χ0) is 21.8. The number of halogens is 1. The average molecular weight is 434 g/mol. The lowest BCUT2D eigenvalue weighted by molar-refractivity contribution is 0.101. The van der Waals surface area contributed by atoms with Crippen molar-refractivity contribution in [1.82, 2.24) is 9.97 Å². The molecule has 0 saturated heterocycles. The highest BCUT2D eigenvalue weighted by Crippen LogP contribution is 2.33. The SMILES string of the molecule is CCc1ccc(Oc2ccc(Nc3nc(-c4cccnc4)c(F)s3)cc2C(C)=O)cc1. The molecular formula is C24H20FN3O2S. The molecule has 2 aromatic heterocycles. The van der Waals surface area contributed by atoms with Crippen molar-refractivity contribution in [2.75, 3.05) is 5.32 Å². The van der Waals surface area contributed by atoms with Gasteiger partial charge in [-0.1, -0.05) is 30.4 Å². The molecule has 2 aromatic carbocycles. The number of hydrogen-bond donors (Lipinski definition) is 1. The molecule has 0 fully saturated rings. The van der Waals surface area contributed by atoms with Crippen LogP contribution in [0.1, 0.15) is 29.8 Å². The summed E-state index contributed by atoms with van der Waals surface area (Å²) < 4.78 is 20.3. The van der Waals surface area contributed by atoms with Crippen molar-refractivity contribution >= 4 is 27.9 Å². The maximum atomic E-state index is 14.4. The third-order valence-corrected chi connectivity index (χ3v) is 5.45. The van der Waals surface area contributed by atoms with Gasteiger partial charge >= 0.3 is 0 Å². The largest absolute Gasteiger partial charge is 0.457 e. The predicted molar refractivity (Wildman–Crippen MR) is 121 cm³/mol. The van der Waals surface area contributed by atoms with Crippen LogP contribution in [0, 0.1) is 5.13 Å². The normalized spacial score (nSPS) is 10.7. The minimum Gasteiger partial charge on any atom is -0.457 e. The molecule has 0 unspecified atom stereocenters. The number of benzene rings is 2. The van der Waals surface area contributed by atoms with E-state index in [1.54, 1.807) is 42.7 Å². The molecule has 4 rings (SSSR count). The Balaban J connectivity index is 1.57. The number of carbonyl (C=O) groups is 1. The summed E-state index contributed by atoms with van der Waals surface area (Å²) in [6, 6.07) is 16.4. The van der Waals surface area contributed by atoms with E-state index in [2.05, 4.69) is 22.2 Å². The highest BCUT2D eigenvalue weighted by molar-refractivity contribution is 7.14.